The summed E-state index contributed by atoms with van der Waals surface area (Å²) in [5, 5.41) is 25.6. The number of carbonyl (C=O) groups is 6. The van der Waals surface area contributed by atoms with Gasteiger partial charge >= 0.3 is 11.9 Å². The largest absolute Gasteiger partial charge is 0.481 e. The maximum atomic E-state index is 13.1. The molecule has 200 valence electrons. The fourth-order valence-corrected chi connectivity index (χ4v) is 3.15. The van der Waals surface area contributed by atoms with E-state index in [0.717, 1.165) is 0 Å². The van der Waals surface area contributed by atoms with E-state index in [2.05, 4.69) is 16.0 Å². The highest BCUT2D eigenvalue weighted by molar-refractivity contribution is 5.94. The van der Waals surface area contributed by atoms with Gasteiger partial charge in [0.25, 0.3) is 0 Å². The molecule has 13 nitrogen and oxygen atoms in total. The minimum absolute atomic E-state index is 0.0546. The van der Waals surface area contributed by atoms with Gasteiger partial charge in [-0.3, -0.25) is 24.0 Å². The average molecular weight is 502 g/mol. The number of nitrogens with two attached hydrogens (primary N) is 2. The van der Waals surface area contributed by atoms with Gasteiger partial charge < -0.3 is 37.6 Å². The van der Waals surface area contributed by atoms with E-state index in [-0.39, 0.29) is 43.9 Å². The fourth-order valence-electron chi connectivity index (χ4n) is 3.15. The Balaban J connectivity index is 5.54. The predicted octanol–water partition coefficient (Wildman–Crippen LogP) is -0.925. The molecule has 0 bridgehead atoms. The maximum absolute atomic E-state index is 13.1. The molecule has 0 rings (SSSR count). The lowest BCUT2D eigenvalue weighted by Gasteiger charge is -2.28. The van der Waals surface area contributed by atoms with Gasteiger partial charge in [-0.15, -0.1) is 0 Å². The quantitative estimate of drug-likeness (QED) is 0.130. The van der Waals surface area contributed by atoms with Crippen LogP contribution >= 0.6 is 0 Å². The standard InChI is InChI=1S/C22H39N5O8/c1-5-12(4)18(27-19(31)13(23)6-9-17(29)30)21(33)26-15(10-11(2)3)20(32)25-14(22(34)35)7-8-16(24)28/h11-15,18H,5-10,23H2,1-4H3,(H2,24,28)(H,25,32)(H,26,33)(H,27,31)(H,29,30)(H,34,35). The van der Waals surface area contributed by atoms with Crippen molar-refractivity contribution in [2.75, 3.05) is 0 Å². The molecule has 0 aliphatic rings. The highest BCUT2D eigenvalue weighted by Gasteiger charge is 2.32. The predicted molar refractivity (Wildman–Crippen MR) is 126 cm³/mol. The highest BCUT2D eigenvalue weighted by atomic mass is 16.4. The summed E-state index contributed by atoms with van der Waals surface area (Å²) >= 11 is 0. The zero-order valence-corrected chi connectivity index (χ0v) is 20.7. The van der Waals surface area contributed by atoms with Crippen molar-refractivity contribution >= 4 is 35.6 Å². The van der Waals surface area contributed by atoms with Gasteiger partial charge in [0.05, 0.1) is 6.04 Å². The molecule has 5 unspecified atom stereocenters. The van der Waals surface area contributed by atoms with Crippen molar-refractivity contribution in [3.05, 3.63) is 0 Å². The van der Waals surface area contributed by atoms with Gasteiger partial charge in [0.15, 0.2) is 0 Å². The van der Waals surface area contributed by atoms with E-state index in [4.69, 9.17) is 16.6 Å². The van der Waals surface area contributed by atoms with Crippen LogP contribution in [0, 0.1) is 11.8 Å². The molecular formula is C22H39N5O8. The minimum Gasteiger partial charge on any atom is -0.481 e. The molecule has 0 saturated heterocycles. The Kier molecular flexibility index (Phi) is 14.2. The topological polar surface area (TPSA) is 231 Å². The molecule has 5 atom stereocenters. The van der Waals surface area contributed by atoms with Crippen molar-refractivity contribution in [2.45, 2.75) is 90.4 Å². The first-order chi connectivity index (χ1) is 16.2. The van der Waals surface area contributed by atoms with Crippen LogP contribution in [0.15, 0.2) is 0 Å². The number of amides is 4. The highest BCUT2D eigenvalue weighted by Crippen LogP contribution is 2.12. The van der Waals surface area contributed by atoms with Crippen LogP contribution in [0.1, 0.15) is 66.2 Å². The second kappa shape index (κ2) is 15.6. The maximum Gasteiger partial charge on any atom is 0.326 e. The normalized spacial score (nSPS) is 15.3. The van der Waals surface area contributed by atoms with Crippen LogP contribution in [-0.2, 0) is 28.8 Å². The molecule has 35 heavy (non-hydrogen) atoms. The fraction of sp³-hybridized carbons (Fsp3) is 0.727. The van der Waals surface area contributed by atoms with Crippen LogP contribution in [0.2, 0.25) is 0 Å². The molecule has 13 heteroatoms. The lowest BCUT2D eigenvalue weighted by Crippen LogP contribution is -2.58. The average Bonchev–Trinajstić information content (AvgIpc) is 2.76. The second-order valence-electron chi connectivity index (χ2n) is 9.01. The summed E-state index contributed by atoms with van der Waals surface area (Å²) in [5.74, 6) is -5.70. The summed E-state index contributed by atoms with van der Waals surface area (Å²) in [6, 6.07) is -4.68. The smallest absolute Gasteiger partial charge is 0.326 e. The number of nitrogens with one attached hydrogen (secondary N) is 3. The summed E-state index contributed by atoms with van der Waals surface area (Å²) in [6.07, 6.45) is -0.208. The molecule has 0 aromatic heterocycles. The van der Waals surface area contributed by atoms with Crippen LogP contribution in [0.4, 0.5) is 0 Å². The third kappa shape index (κ3) is 12.7. The first kappa shape index (κ1) is 31.8. The molecule has 0 aliphatic heterocycles. The molecule has 0 aliphatic carbocycles. The Bertz CT molecular complexity index is 773. The number of hydrogen-bond donors (Lipinski definition) is 7. The SMILES string of the molecule is CCC(C)C(NC(=O)C(N)CCC(=O)O)C(=O)NC(CC(C)C)C(=O)NC(CCC(N)=O)C(=O)O. The van der Waals surface area contributed by atoms with Crippen LogP contribution < -0.4 is 27.4 Å². The Morgan fingerprint density at radius 2 is 1.37 bits per heavy atom. The van der Waals surface area contributed by atoms with E-state index in [0.29, 0.717) is 6.42 Å². The van der Waals surface area contributed by atoms with Gasteiger partial charge in [-0.1, -0.05) is 34.1 Å². The Labute approximate surface area is 204 Å². The van der Waals surface area contributed by atoms with Gasteiger partial charge in [0.1, 0.15) is 18.1 Å². The van der Waals surface area contributed by atoms with Gasteiger partial charge in [-0.25, -0.2) is 4.79 Å². The monoisotopic (exact) mass is 501 g/mol. The third-order valence-corrected chi connectivity index (χ3v) is 5.43. The van der Waals surface area contributed by atoms with E-state index in [1.807, 2.05) is 13.8 Å². The van der Waals surface area contributed by atoms with E-state index < -0.39 is 59.7 Å². The van der Waals surface area contributed by atoms with Gasteiger partial charge in [0, 0.05) is 12.8 Å². The molecule has 0 aromatic carbocycles. The van der Waals surface area contributed by atoms with Gasteiger partial charge in [-0.05, 0) is 31.1 Å². The van der Waals surface area contributed by atoms with Crippen molar-refractivity contribution in [3.8, 4) is 0 Å². The zero-order chi connectivity index (χ0) is 27.3. The van der Waals surface area contributed by atoms with Crippen molar-refractivity contribution < 1.29 is 39.0 Å². The van der Waals surface area contributed by atoms with Crippen molar-refractivity contribution in [2.24, 2.45) is 23.3 Å². The number of rotatable bonds is 17. The van der Waals surface area contributed by atoms with Crippen molar-refractivity contribution in [1.82, 2.24) is 16.0 Å². The molecular weight excluding hydrogens is 462 g/mol. The van der Waals surface area contributed by atoms with E-state index >= 15 is 0 Å². The Morgan fingerprint density at radius 3 is 1.83 bits per heavy atom. The van der Waals surface area contributed by atoms with E-state index in [9.17, 15) is 33.9 Å². The first-order valence-electron chi connectivity index (χ1n) is 11.6. The lowest BCUT2D eigenvalue weighted by atomic mass is 9.96. The summed E-state index contributed by atoms with van der Waals surface area (Å²) in [4.78, 5) is 71.6. The molecule has 0 spiro atoms. The molecule has 4 amide bonds. The number of carboxylic acids is 2. The Morgan fingerprint density at radius 1 is 0.800 bits per heavy atom. The van der Waals surface area contributed by atoms with Gasteiger partial charge in [0.2, 0.25) is 23.6 Å². The van der Waals surface area contributed by atoms with Crippen LogP contribution in [0.5, 0.6) is 0 Å². The van der Waals surface area contributed by atoms with Crippen LogP contribution in [0.25, 0.3) is 0 Å². The molecule has 0 saturated carbocycles. The molecule has 0 aromatic rings. The molecule has 0 radical (unpaired) electrons. The third-order valence-electron chi connectivity index (χ3n) is 5.43. The van der Waals surface area contributed by atoms with Crippen LogP contribution in [0.3, 0.4) is 0 Å². The number of aliphatic carboxylic acids is 2. The number of carbonyl (C=O) groups excluding carboxylic acids is 4. The molecule has 0 heterocycles. The minimum atomic E-state index is -1.38. The van der Waals surface area contributed by atoms with Crippen molar-refractivity contribution in [1.29, 1.82) is 0 Å². The first-order valence-corrected chi connectivity index (χ1v) is 11.6. The summed E-state index contributed by atoms with van der Waals surface area (Å²) in [7, 11) is 0. The number of primary amides is 1. The molecule has 0 fully saturated rings. The number of hydrogen-bond acceptors (Lipinski definition) is 7. The Hall–Kier alpha value is -3.22. The van der Waals surface area contributed by atoms with Crippen LogP contribution in [-0.4, -0.2) is 69.9 Å². The van der Waals surface area contributed by atoms with E-state index in [1.165, 1.54) is 0 Å². The van der Waals surface area contributed by atoms with E-state index in [1.54, 1.807) is 13.8 Å². The molecule has 9 N–H and O–H groups in total. The zero-order valence-electron chi connectivity index (χ0n) is 20.7. The summed E-state index contributed by atoms with van der Waals surface area (Å²) in [6.45, 7) is 7.14. The van der Waals surface area contributed by atoms with Gasteiger partial charge in [-0.2, -0.15) is 0 Å². The summed E-state index contributed by atoms with van der Waals surface area (Å²) in [5.41, 5.74) is 10.8. The number of carboxylic acid groups (broad SMARTS) is 2. The van der Waals surface area contributed by atoms with Crippen molar-refractivity contribution in [3.63, 3.8) is 0 Å². The summed E-state index contributed by atoms with van der Waals surface area (Å²) < 4.78 is 0. The second-order valence-corrected chi connectivity index (χ2v) is 9.01. The lowest BCUT2D eigenvalue weighted by molar-refractivity contribution is -0.143.